The first-order valence-electron chi connectivity index (χ1n) is 10.4. The molecule has 3 aromatic rings. The number of hydrogen-bond acceptors (Lipinski definition) is 8. The van der Waals surface area contributed by atoms with E-state index in [4.69, 9.17) is 34.5 Å². The van der Waals surface area contributed by atoms with Crippen LogP contribution in [0.3, 0.4) is 0 Å². The molecule has 9 nitrogen and oxygen atoms in total. The zero-order valence-corrected chi connectivity index (χ0v) is 18.8. The number of rotatable bonds is 7. The van der Waals surface area contributed by atoms with Gasteiger partial charge in [0.25, 0.3) is 0 Å². The Morgan fingerprint density at radius 1 is 0.970 bits per heavy atom. The van der Waals surface area contributed by atoms with Gasteiger partial charge in [-0.3, -0.25) is 10.8 Å². The molecule has 1 aliphatic rings. The Labute approximate surface area is 191 Å². The molecule has 0 saturated carbocycles. The van der Waals surface area contributed by atoms with Gasteiger partial charge in [0.2, 0.25) is 0 Å². The number of benzene rings is 2. The summed E-state index contributed by atoms with van der Waals surface area (Å²) in [4.78, 5) is 0. The van der Waals surface area contributed by atoms with E-state index in [1.807, 2.05) is 18.2 Å². The first kappa shape index (κ1) is 22.3. The van der Waals surface area contributed by atoms with Crippen molar-refractivity contribution in [2.24, 2.45) is 0 Å². The van der Waals surface area contributed by atoms with Gasteiger partial charge in [-0.25, -0.2) is 0 Å². The average Bonchev–Trinajstić information content (AvgIpc) is 3.36. The number of methoxy groups -OCH3 is 3. The number of ether oxygens (including phenoxy) is 5. The lowest BCUT2D eigenvalue weighted by Crippen LogP contribution is -2.30. The van der Waals surface area contributed by atoms with Crippen molar-refractivity contribution in [2.45, 2.75) is 12.5 Å². The van der Waals surface area contributed by atoms with Gasteiger partial charge in [0.1, 0.15) is 23.1 Å². The first-order chi connectivity index (χ1) is 16.0. The predicted molar refractivity (Wildman–Crippen MR) is 122 cm³/mol. The molecule has 0 aliphatic carbocycles. The van der Waals surface area contributed by atoms with Crippen LogP contribution < -0.4 is 24.4 Å². The van der Waals surface area contributed by atoms with Crippen LogP contribution in [-0.2, 0) is 4.74 Å². The van der Waals surface area contributed by atoms with E-state index in [-0.39, 0.29) is 17.4 Å². The average molecular weight is 450 g/mol. The van der Waals surface area contributed by atoms with Crippen LogP contribution in [0.1, 0.15) is 12.0 Å². The largest absolute Gasteiger partial charge is 0.497 e. The highest BCUT2D eigenvalue weighted by atomic mass is 16.6. The van der Waals surface area contributed by atoms with Gasteiger partial charge in [0.15, 0.2) is 17.3 Å². The molecule has 0 spiro atoms. The lowest BCUT2D eigenvalue weighted by Gasteiger charge is -2.16. The highest BCUT2D eigenvalue weighted by molar-refractivity contribution is 6.00. The lowest BCUT2D eigenvalue weighted by molar-refractivity contribution is 0.138. The van der Waals surface area contributed by atoms with Crippen LogP contribution in [0.15, 0.2) is 48.5 Å². The maximum absolute atomic E-state index is 8.73. The smallest absolute Gasteiger partial charge is 0.162 e. The van der Waals surface area contributed by atoms with Crippen LogP contribution in [0.5, 0.6) is 23.0 Å². The molecule has 1 saturated heterocycles. The van der Waals surface area contributed by atoms with E-state index in [0.717, 1.165) is 12.0 Å². The van der Waals surface area contributed by atoms with Crippen molar-refractivity contribution in [1.82, 2.24) is 9.78 Å². The fourth-order valence-corrected chi connectivity index (χ4v) is 3.57. The maximum Gasteiger partial charge on any atom is 0.162 e. The Bertz CT molecular complexity index is 1220. The minimum atomic E-state index is -0.0311. The molecule has 9 heteroatoms. The van der Waals surface area contributed by atoms with Crippen molar-refractivity contribution < 1.29 is 23.7 Å². The molecule has 1 unspecified atom stereocenters. The summed E-state index contributed by atoms with van der Waals surface area (Å²) in [5.74, 6) is 2.26. The predicted octanol–water partition coefficient (Wildman–Crippen LogP) is 3.10. The molecular weight excluding hydrogens is 424 g/mol. The summed E-state index contributed by atoms with van der Waals surface area (Å²) >= 11 is 0. The molecule has 4 rings (SSSR count). The Kier molecular flexibility index (Phi) is 6.60. The van der Waals surface area contributed by atoms with E-state index < -0.39 is 0 Å². The highest BCUT2D eigenvalue weighted by Crippen LogP contribution is 2.33. The molecule has 33 heavy (non-hydrogen) atoms. The van der Waals surface area contributed by atoms with E-state index in [0.29, 0.717) is 47.5 Å². The van der Waals surface area contributed by atoms with Gasteiger partial charge in [-0.15, -0.1) is 0 Å². The van der Waals surface area contributed by atoms with Crippen LogP contribution in [0.25, 0.3) is 11.3 Å². The van der Waals surface area contributed by atoms with Gasteiger partial charge in [-0.2, -0.15) is 9.78 Å². The van der Waals surface area contributed by atoms with Crippen molar-refractivity contribution in [2.75, 3.05) is 34.5 Å². The molecule has 2 aromatic carbocycles. The lowest BCUT2D eigenvalue weighted by atomic mass is 10.1. The van der Waals surface area contributed by atoms with Crippen molar-refractivity contribution >= 4 is 5.84 Å². The summed E-state index contributed by atoms with van der Waals surface area (Å²) in [5, 5.41) is 21.6. The van der Waals surface area contributed by atoms with Crippen LogP contribution >= 0.6 is 0 Å². The summed E-state index contributed by atoms with van der Waals surface area (Å²) in [7, 11) is 4.68. The number of aromatic nitrogens is 2. The fourth-order valence-electron chi connectivity index (χ4n) is 3.57. The number of hydrogen-bond donors (Lipinski definition) is 2. The van der Waals surface area contributed by atoms with Gasteiger partial charge >= 0.3 is 0 Å². The second-order valence-electron chi connectivity index (χ2n) is 7.40. The zero-order valence-electron chi connectivity index (χ0n) is 18.8. The van der Waals surface area contributed by atoms with Crippen molar-refractivity contribution in [3.63, 3.8) is 0 Å². The molecule has 172 valence electrons. The third-order valence-electron chi connectivity index (χ3n) is 5.35. The number of nitrogens with zero attached hydrogens (tertiary/aromatic N) is 2. The first-order valence-corrected chi connectivity index (χ1v) is 10.4. The van der Waals surface area contributed by atoms with Gasteiger partial charge in [0, 0.05) is 12.0 Å². The molecule has 2 N–H and O–H groups in total. The summed E-state index contributed by atoms with van der Waals surface area (Å²) in [6.07, 6.45) is 0.787. The van der Waals surface area contributed by atoms with Gasteiger partial charge < -0.3 is 23.7 Å². The van der Waals surface area contributed by atoms with Gasteiger partial charge in [-0.05, 0) is 48.5 Å². The van der Waals surface area contributed by atoms with E-state index in [9.17, 15) is 0 Å². The Balaban J connectivity index is 1.72. The molecule has 0 radical (unpaired) electrons. The molecule has 1 fully saturated rings. The molecular formula is C24H26N4O5. The monoisotopic (exact) mass is 450 g/mol. The quantitative estimate of drug-likeness (QED) is 0.423. The molecule has 1 atom stereocenters. The minimum Gasteiger partial charge on any atom is -0.497 e. The topological polar surface area (TPSA) is 112 Å². The maximum atomic E-state index is 8.73. The van der Waals surface area contributed by atoms with Crippen LogP contribution in [-0.4, -0.2) is 56.3 Å². The summed E-state index contributed by atoms with van der Waals surface area (Å²) < 4.78 is 28.9. The van der Waals surface area contributed by atoms with Crippen molar-refractivity contribution in [1.29, 1.82) is 10.8 Å². The van der Waals surface area contributed by atoms with Crippen LogP contribution in [0.4, 0.5) is 0 Å². The Hall–Kier alpha value is -3.85. The van der Waals surface area contributed by atoms with Crippen molar-refractivity contribution in [3.05, 3.63) is 59.6 Å². The highest BCUT2D eigenvalue weighted by Gasteiger charge is 2.20. The van der Waals surface area contributed by atoms with E-state index in [2.05, 4.69) is 5.10 Å². The van der Waals surface area contributed by atoms with Crippen LogP contribution in [0.2, 0.25) is 0 Å². The van der Waals surface area contributed by atoms with Gasteiger partial charge in [0.05, 0.1) is 45.8 Å². The van der Waals surface area contributed by atoms with Gasteiger partial charge in [-0.1, -0.05) is 0 Å². The fraction of sp³-hybridized carbons (Fsp3) is 0.292. The Morgan fingerprint density at radius 3 is 2.45 bits per heavy atom. The molecule has 1 aromatic heterocycles. The van der Waals surface area contributed by atoms with Crippen molar-refractivity contribution in [3.8, 4) is 34.3 Å². The second kappa shape index (κ2) is 9.74. The summed E-state index contributed by atoms with van der Waals surface area (Å²) in [5.41, 5.74) is 1.86. The minimum absolute atomic E-state index is 0.00862. The molecule has 0 amide bonds. The summed E-state index contributed by atoms with van der Waals surface area (Å²) in [6.45, 7) is 1.22. The van der Waals surface area contributed by atoms with E-state index in [1.54, 1.807) is 44.6 Å². The van der Waals surface area contributed by atoms with E-state index >= 15 is 0 Å². The molecule has 0 bridgehead atoms. The number of nitrogens with one attached hydrogen (secondary N) is 2. The standard InChI is InChI=1S/C24H26N4O5/c1-29-16-5-8-20(30-2)18(13-16)24(26)28-23(25)9-6-19(27-28)15-4-7-21(31-3)22(12-15)33-17-10-11-32-14-17/h4-9,12-13,17,25-26H,10-11,14H2,1-3H3. The normalized spacial score (nSPS) is 15.2. The third-order valence-corrected chi connectivity index (χ3v) is 5.35. The second-order valence-corrected chi connectivity index (χ2v) is 7.40. The van der Waals surface area contributed by atoms with Crippen LogP contribution in [0, 0.1) is 10.8 Å². The zero-order chi connectivity index (χ0) is 23.4. The SMILES string of the molecule is COc1ccc(OC)c(C(=N)n2nc(-c3ccc(OC)c(OC4CCOC4)c3)ccc2=N)c1. The summed E-state index contributed by atoms with van der Waals surface area (Å²) in [6, 6.07) is 14.0. The van der Waals surface area contributed by atoms with E-state index in [1.165, 1.54) is 11.8 Å². The molecule has 1 aliphatic heterocycles. The molecule has 2 heterocycles. The Morgan fingerprint density at radius 2 is 1.76 bits per heavy atom. The third kappa shape index (κ3) is 4.68.